The lowest BCUT2D eigenvalue weighted by molar-refractivity contribution is 0.172. The Morgan fingerprint density at radius 1 is 1.17 bits per heavy atom. The molecule has 0 aliphatic heterocycles. The van der Waals surface area contributed by atoms with E-state index in [-0.39, 0.29) is 0 Å². The van der Waals surface area contributed by atoms with Crippen molar-refractivity contribution in [3.8, 4) is 0 Å². The fourth-order valence-corrected chi connectivity index (χ4v) is 0.973. The largest absolute Gasteiger partial charge is 0.244 e. The third-order valence-corrected chi connectivity index (χ3v) is 1.53. The highest BCUT2D eigenvalue weighted by molar-refractivity contribution is 4.68. The van der Waals surface area contributed by atoms with Crippen molar-refractivity contribution in [1.29, 1.82) is 0 Å². The van der Waals surface area contributed by atoms with Crippen LogP contribution in [0.15, 0.2) is 0 Å². The number of alkyl halides is 1. The molecule has 1 atom stereocenters. The Bertz CT molecular complexity index is 81.5. The van der Waals surface area contributed by atoms with Gasteiger partial charge in [0.1, 0.15) is 5.67 Å². The quantitative estimate of drug-likeness (QED) is 0.590. The molecule has 0 aromatic heterocycles. The lowest BCUT2D eigenvalue weighted by Gasteiger charge is -2.17. The summed E-state index contributed by atoms with van der Waals surface area (Å²) in [5.41, 5.74) is -0.977. The van der Waals surface area contributed by atoms with E-state index in [1.54, 1.807) is 13.8 Å². The molecule has 0 heterocycles. The Morgan fingerprint density at radius 2 is 1.50 bits per heavy atom. The maximum absolute atomic E-state index is 12.8. The van der Waals surface area contributed by atoms with Crippen molar-refractivity contribution < 1.29 is 4.39 Å². The molecule has 0 aromatic rings. The van der Waals surface area contributed by atoms with Gasteiger partial charge in [-0.2, -0.15) is 0 Å². The molecule has 0 spiro atoms. The molecule has 0 N–H and O–H groups in total. The molecule has 1 unspecified atom stereocenters. The molecule has 1 heteroatoms. The minimum atomic E-state index is -0.977. The summed E-state index contributed by atoms with van der Waals surface area (Å²) < 4.78 is 12.8. The predicted octanol–water partition coefficient (Wildman–Crippen LogP) is 4.59. The van der Waals surface area contributed by atoms with Gasteiger partial charge >= 0.3 is 0 Å². The summed E-state index contributed by atoms with van der Waals surface area (Å²) in [4.78, 5) is 0. The molecule has 12 heavy (non-hydrogen) atoms. The van der Waals surface area contributed by atoms with Crippen LogP contribution in [0.1, 0.15) is 60.8 Å². The third-order valence-electron chi connectivity index (χ3n) is 1.53. The van der Waals surface area contributed by atoms with E-state index in [4.69, 9.17) is 0 Å². The Morgan fingerprint density at radius 3 is 1.58 bits per heavy atom. The SMILES string of the molecule is CCC.CCC(C)CC(C)(C)F. The average Bonchev–Trinajstić information content (AvgIpc) is 1.86. The maximum Gasteiger partial charge on any atom is 0.105 e. The van der Waals surface area contributed by atoms with E-state index in [2.05, 4.69) is 27.7 Å². The van der Waals surface area contributed by atoms with Crippen molar-refractivity contribution in [2.24, 2.45) is 5.92 Å². The summed E-state index contributed by atoms with van der Waals surface area (Å²) in [5.74, 6) is 0.519. The van der Waals surface area contributed by atoms with E-state index in [0.29, 0.717) is 12.3 Å². The molecule has 0 aliphatic carbocycles. The lowest BCUT2D eigenvalue weighted by atomic mass is 9.95. The maximum atomic E-state index is 12.8. The molecule has 0 rings (SSSR count). The third kappa shape index (κ3) is 16.5. The highest BCUT2D eigenvalue weighted by Gasteiger charge is 2.17. The first-order valence-electron chi connectivity index (χ1n) is 5.06. The van der Waals surface area contributed by atoms with Gasteiger partial charge in [-0.1, -0.05) is 40.5 Å². The molecule has 0 aromatic carbocycles. The summed E-state index contributed by atoms with van der Waals surface area (Å²) in [6, 6.07) is 0. The molecule has 0 saturated carbocycles. The summed E-state index contributed by atoms with van der Waals surface area (Å²) in [5, 5.41) is 0. The van der Waals surface area contributed by atoms with Gasteiger partial charge in [-0.3, -0.25) is 0 Å². The molecule has 0 nitrogen and oxygen atoms in total. The minimum absolute atomic E-state index is 0.519. The molecular formula is C11H25F. The summed E-state index contributed by atoms with van der Waals surface area (Å²) >= 11 is 0. The van der Waals surface area contributed by atoms with Gasteiger partial charge in [0, 0.05) is 0 Å². The van der Waals surface area contributed by atoms with Gasteiger partial charge in [-0.25, -0.2) is 4.39 Å². The molecule has 0 saturated heterocycles. The van der Waals surface area contributed by atoms with Gasteiger partial charge in [0.05, 0.1) is 0 Å². The number of hydrogen-bond acceptors (Lipinski definition) is 0. The van der Waals surface area contributed by atoms with E-state index < -0.39 is 5.67 Å². The van der Waals surface area contributed by atoms with Crippen molar-refractivity contribution in [3.05, 3.63) is 0 Å². The molecule has 0 bridgehead atoms. The molecule has 0 amide bonds. The number of halogens is 1. The zero-order valence-electron chi connectivity index (χ0n) is 9.58. The van der Waals surface area contributed by atoms with Crippen molar-refractivity contribution in [2.75, 3.05) is 0 Å². The first kappa shape index (κ1) is 14.5. The Labute approximate surface area is 77.6 Å². The van der Waals surface area contributed by atoms with E-state index >= 15 is 0 Å². The minimum Gasteiger partial charge on any atom is -0.244 e. The van der Waals surface area contributed by atoms with Gasteiger partial charge in [0.2, 0.25) is 0 Å². The van der Waals surface area contributed by atoms with Crippen LogP contribution in [-0.2, 0) is 0 Å². The van der Waals surface area contributed by atoms with Crippen LogP contribution in [0.5, 0.6) is 0 Å². The average molecular weight is 176 g/mol. The first-order valence-corrected chi connectivity index (χ1v) is 5.06. The number of hydrogen-bond donors (Lipinski definition) is 0. The number of rotatable bonds is 3. The van der Waals surface area contributed by atoms with Crippen LogP contribution in [0.4, 0.5) is 4.39 Å². The molecule has 0 radical (unpaired) electrons. The molecule has 0 fully saturated rings. The smallest absolute Gasteiger partial charge is 0.105 e. The lowest BCUT2D eigenvalue weighted by Crippen LogP contribution is -2.15. The Kier molecular flexibility index (Phi) is 9.12. The van der Waals surface area contributed by atoms with Crippen LogP contribution in [0.2, 0.25) is 0 Å². The fraction of sp³-hybridized carbons (Fsp3) is 1.00. The van der Waals surface area contributed by atoms with Crippen molar-refractivity contribution in [2.45, 2.75) is 66.5 Å². The van der Waals surface area contributed by atoms with Gasteiger partial charge in [-0.15, -0.1) is 0 Å². The first-order chi connectivity index (χ1) is 5.37. The Balaban J connectivity index is 0. The van der Waals surface area contributed by atoms with Crippen molar-refractivity contribution in [1.82, 2.24) is 0 Å². The van der Waals surface area contributed by atoms with Crippen LogP contribution in [0, 0.1) is 5.92 Å². The van der Waals surface area contributed by atoms with Crippen molar-refractivity contribution >= 4 is 0 Å². The second kappa shape index (κ2) is 7.57. The highest BCUT2D eigenvalue weighted by atomic mass is 19.1. The van der Waals surface area contributed by atoms with E-state index in [1.807, 2.05) is 0 Å². The monoisotopic (exact) mass is 176 g/mol. The van der Waals surface area contributed by atoms with Gasteiger partial charge < -0.3 is 0 Å². The van der Waals surface area contributed by atoms with Gasteiger partial charge in [0.25, 0.3) is 0 Å². The van der Waals surface area contributed by atoms with Crippen LogP contribution >= 0.6 is 0 Å². The summed E-state index contributed by atoms with van der Waals surface area (Å²) in [6.45, 7) is 11.7. The highest BCUT2D eigenvalue weighted by Crippen LogP contribution is 2.21. The second-order valence-electron chi connectivity index (χ2n) is 4.14. The summed E-state index contributed by atoms with van der Waals surface area (Å²) in [6.07, 6.45) is 3.01. The Hall–Kier alpha value is -0.0700. The standard InChI is InChI=1S/C8H17F.C3H8/c1-5-7(2)6-8(3,4)9;1-3-2/h7H,5-6H2,1-4H3;3H2,1-2H3. The van der Waals surface area contributed by atoms with E-state index in [9.17, 15) is 4.39 Å². The van der Waals surface area contributed by atoms with E-state index in [1.165, 1.54) is 6.42 Å². The fourth-order valence-electron chi connectivity index (χ4n) is 0.973. The van der Waals surface area contributed by atoms with E-state index in [0.717, 1.165) is 6.42 Å². The topological polar surface area (TPSA) is 0 Å². The van der Waals surface area contributed by atoms with Crippen LogP contribution in [0.25, 0.3) is 0 Å². The molecular weight excluding hydrogens is 151 g/mol. The van der Waals surface area contributed by atoms with Crippen molar-refractivity contribution in [3.63, 3.8) is 0 Å². The molecule has 0 aliphatic rings. The summed E-state index contributed by atoms with van der Waals surface area (Å²) in [7, 11) is 0. The predicted molar refractivity (Wildman–Crippen MR) is 55.2 cm³/mol. The zero-order chi connectivity index (χ0) is 10.2. The zero-order valence-corrected chi connectivity index (χ0v) is 9.58. The van der Waals surface area contributed by atoms with Crippen LogP contribution in [-0.4, -0.2) is 5.67 Å². The van der Waals surface area contributed by atoms with Gasteiger partial charge in [-0.05, 0) is 26.2 Å². The van der Waals surface area contributed by atoms with Crippen LogP contribution in [0.3, 0.4) is 0 Å². The molecule has 76 valence electrons. The van der Waals surface area contributed by atoms with Crippen LogP contribution < -0.4 is 0 Å². The van der Waals surface area contributed by atoms with Gasteiger partial charge in [0.15, 0.2) is 0 Å². The second-order valence-corrected chi connectivity index (χ2v) is 4.14. The normalized spacial score (nSPS) is 13.2.